The zero-order valence-corrected chi connectivity index (χ0v) is 17.2. The van der Waals surface area contributed by atoms with Gasteiger partial charge in [-0.1, -0.05) is 18.2 Å². The zero-order valence-electron chi connectivity index (χ0n) is 15.6. The number of hydrogen-bond acceptors (Lipinski definition) is 5. The van der Waals surface area contributed by atoms with E-state index in [9.17, 15) is 13.2 Å². The number of hydrogen-bond donors (Lipinski definition) is 0. The summed E-state index contributed by atoms with van der Waals surface area (Å²) < 4.78 is 32.2. The van der Waals surface area contributed by atoms with Gasteiger partial charge in [0.25, 0.3) is 0 Å². The van der Waals surface area contributed by atoms with E-state index >= 15 is 0 Å². The number of piperazine rings is 1. The molecule has 0 N–H and O–H groups in total. The zero-order chi connectivity index (χ0) is 19.7. The van der Waals surface area contributed by atoms with E-state index in [1.165, 1.54) is 14.8 Å². The number of thioether (sulfide) groups is 1. The van der Waals surface area contributed by atoms with Gasteiger partial charge in [0.1, 0.15) is 5.75 Å². The van der Waals surface area contributed by atoms with Crippen LogP contribution in [0.5, 0.6) is 5.75 Å². The van der Waals surface area contributed by atoms with E-state index in [0.717, 1.165) is 6.42 Å². The Balaban J connectivity index is 1.38. The topological polar surface area (TPSA) is 66.9 Å². The first kappa shape index (κ1) is 19.3. The summed E-state index contributed by atoms with van der Waals surface area (Å²) in [5.41, 5.74) is 1.21. The van der Waals surface area contributed by atoms with Gasteiger partial charge in [-0.3, -0.25) is 4.79 Å². The first-order chi connectivity index (χ1) is 13.5. The molecule has 8 heteroatoms. The highest BCUT2D eigenvalue weighted by molar-refractivity contribution is 8.01. The fourth-order valence-electron chi connectivity index (χ4n) is 3.57. The van der Waals surface area contributed by atoms with Gasteiger partial charge in [0.2, 0.25) is 15.9 Å². The molecule has 1 unspecified atom stereocenters. The number of methoxy groups -OCH3 is 1. The van der Waals surface area contributed by atoms with Crippen LogP contribution < -0.4 is 4.74 Å². The van der Waals surface area contributed by atoms with Crippen molar-refractivity contribution in [3.8, 4) is 5.75 Å². The summed E-state index contributed by atoms with van der Waals surface area (Å²) >= 11 is 1.61. The molecule has 2 aliphatic rings. The Morgan fingerprint density at radius 3 is 2.36 bits per heavy atom. The van der Waals surface area contributed by atoms with Crippen molar-refractivity contribution in [2.24, 2.45) is 0 Å². The van der Waals surface area contributed by atoms with E-state index in [0.29, 0.717) is 31.9 Å². The molecule has 1 atom stereocenters. The molecule has 1 fully saturated rings. The summed E-state index contributed by atoms with van der Waals surface area (Å²) in [5.74, 6) is 0.715. The van der Waals surface area contributed by atoms with Crippen LogP contribution in [0, 0.1) is 0 Å². The first-order valence-electron chi connectivity index (χ1n) is 9.16. The Kier molecular flexibility index (Phi) is 5.35. The standard InChI is InChI=1S/C20H22N2O4S2/c1-26-16-6-8-17(9-7-16)28(24,25)22-12-10-21(11-13-22)20(23)19-14-15-4-2-3-5-18(15)27-19/h2-9,19H,10-14H2,1H3. The summed E-state index contributed by atoms with van der Waals surface area (Å²) in [7, 11) is -2.02. The summed E-state index contributed by atoms with van der Waals surface area (Å²) in [6, 6.07) is 14.5. The van der Waals surface area contributed by atoms with Crippen molar-refractivity contribution in [3.05, 3.63) is 54.1 Å². The number of amides is 1. The van der Waals surface area contributed by atoms with Crippen molar-refractivity contribution < 1.29 is 17.9 Å². The molecule has 1 amide bonds. The Morgan fingerprint density at radius 1 is 1.04 bits per heavy atom. The molecule has 2 aliphatic heterocycles. The Hall–Kier alpha value is -2.03. The molecule has 0 radical (unpaired) electrons. The van der Waals surface area contributed by atoms with Crippen LogP contribution in [-0.2, 0) is 21.2 Å². The lowest BCUT2D eigenvalue weighted by Crippen LogP contribution is -2.52. The molecule has 2 aromatic rings. The SMILES string of the molecule is COc1ccc(S(=O)(=O)N2CCN(C(=O)C3Cc4ccccc4S3)CC2)cc1. The number of carbonyl (C=O) groups excluding carboxylic acids is 1. The molecular weight excluding hydrogens is 396 g/mol. The second-order valence-corrected chi connectivity index (χ2v) is 10.0. The summed E-state index contributed by atoms with van der Waals surface area (Å²) in [5, 5.41) is -0.109. The molecule has 2 heterocycles. The molecule has 148 valence electrons. The van der Waals surface area contributed by atoms with E-state index in [1.54, 1.807) is 48.0 Å². The number of benzene rings is 2. The highest BCUT2D eigenvalue weighted by Crippen LogP contribution is 2.37. The minimum Gasteiger partial charge on any atom is -0.497 e. The van der Waals surface area contributed by atoms with Crippen molar-refractivity contribution in [3.63, 3.8) is 0 Å². The number of sulfonamides is 1. The second kappa shape index (κ2) is 7.77. The van der Waals surface area contributed by atoms with Crippen LogP contribution in [0.2, 0.25) is 0 Å². The van der Waals surface area contributed by atoms with Crippen molar-refractivity contribution in [1.82, 2.24) is 9.21 Å². The van der Waals surface area contributed by atoms with Gasteiger partial charge in [-0.25, -0.2) is 8.42 Å². The fourth-order valence-corrected chi connectivity index (χ4v) is 6.27. The maximum absolute atomic E-state index is 12.9. The Morgan fingerprint density at radius 2 is 1.71 bits per heavy atom. The molecule has 1 saturated heterocycles. The van der Waals surface area contributed by atoms with Crippen LogP contribution in [0.25, 0.3) is 0 Å². The van der Waals surface area contributed by atoms with E-state index in [-0.39, 0.29) is 16.1 Å². The highest BCUT2D eigenvalue weighted by Gasteiger charge is 2.35. The smallest absolute Gasteiger partial charge is 0.243 e. The third-order valence-electron chi connectivity index (χ3n) is 5.17. The monoisotopic (exact) mass is 418 g/mol. The number of fused-ring (bicyclic) bond motifs is 1. The van der Waals surface area contributed by atoms with E-state index in [4.69, 9.17) is 4.74 Å². The van der Waals surface area contributed by atoms with Crippen LogP contribution in [0.15, 0.2) is 58.3 Å². The number of carbonyl (C=O) groups is 1. The minimum absolute atomic E-state index is 0.0997. The van der Waals surface area contributed by atoms with Crippen LogP contribution in [-0.4, -0.2) is 62.1 Å². The second-order valence-electron chi connectivity index (χ2n) is 6.82. The van der Waals surface area contributed by atoms with E-state index in [1.807, 2.05) is 18.2 Å². The number of ether oxygens (including phenoxy) is 1. The van der Waals surface area contributed by atoms with Crippen LogP contribution in [0.3, 0.4) is 0 Å². The summed E-state index contributed by atoms with van der Waals surface area (Å²) in [4.78, 5) is 16.1. The third-order valence-corrected chi connectivity index (χ3v) is 8.39. The molecule has 0 saturated carbocycles. The highest BCUT2D eigenvalue weighted by atomic mass is 32.2. The van der Waals surface area contributed by atoms with Gasteiger partial charge >= 0.3 is 0 Å². The third kappa shape index (κ3) is 3.64. The maximum Gasteiger partial charge on any atom is 0.243 e. The Labute approximate surface area is 169 Å². The molecule has 6 nitrogen and oxygen atoms in total. The van der Waals surface area contributed by atoms with Crippen LogP contribution in [0.1, 0.15) is 5.56 Å². The van der Waals surface area contributed by atoms with Gasteiger partial charge in [-0.2, -0.15) is 4.31 Å². The van der Waals surface area contributed by atoms with Crippen LogP contribution in [0.4, 0.5) is 0 Å². The predicted molar refractivity (Wildman–Crippen MR) is 108 cm³/mol. The lowest BCUT2D eigenvalue weighted by atomic mass is 10.1. The molecule has 0 bridgehead atoms. The van der Waals surface area contributed by atoms with Gasteiger partial charge in [0, 0.05) is 31.1 Å². The summed E-state index contributed by atoms with van der Waals surface area (Å²) in [6.07, 6.45) is 0.740. The predicted octanol–water partition coefficient (Wildman–Crippen LogP) is 2.25. The fraction of sp³-hybridized carbons (Fsp3) is 0.350. The normalized spacial score (nSPS) is 20.0. The van der Waals surface area contributed by atoms with Crippen molar-refractivity contribution in [1.29, 1.82) is 0 Å². The van der Waals surface area contributed by atoms with E-state index < -0.39 is 10.0 Å². The van der Waals surface area contributed by atoms with Gasteiger partial charge in [-0.15, -0.1) is 11.8 Å². The van der Waals surface area contributed by atoms with Gasteiger partial charge < -0.3 is 9.64 Å². The molecular formula is C20H22N2O4S2. The van der Waals surface area contributed by atoms with Crippen LogP contribution >= 0.6 is 11.8 Å². The molecule has 4 rings (SSSR count). The Bertz CT molecular complexity index is 943. The number of nitrogens with zero attached hydrogens (tertiary/aromatic N) is 2. The van der Waals surface area contributed by atoms with Gasteiger partial charge in [0.15, 0.2) is 0 Å². The van der Waals surface area contributed by atoms with Crippen molar-refractivity contribution >= 4 is 27.7 Å². The van der Waals surface area contributed by atoms with E-state index in [2.05, 4.69) is 6.07 Å². The van der Waals surface area contributed by atoms with Gasteiger partial charge in [-0.05, 0) is 42.3 Å². The molecule has 28 heavy (non-hydrogen) atoms. The molecule has 0 aromatic heterocycles. The largest absolute Gasteiger partial charge is 0.497 e. The molecule has 0 aliphatic carbocycles. The average molecular weight is 419 g/mol. The lowest BCUT2D eigenvalue weighted by Gasteiger charge is -2.35. The minimum atomic E-state index is -3.56. The molecule has 0 spiro atoms. The average Bonchev–Trinajstić information content (AvgIpc) is 3.17. The molecule has 2 aromatic carbocycles. The number of rotatable bonds is 4. The quantitative estimate of drug-likeness (QED) is 0.762. The maximum atomic E-state index is 12.9. The van der Waals surface area contributed by atoms with Crippen molar-refractivity contribution in [2.75, 3.05) is 33.3 Å². The van der Waals surface area contributed by atoms with Crippen molar-refractivity contribution in [2.45, 2.75) is 21.5 Å². The first-order valence-corrected chi connectivity index (χ1v) is 11.5. The van der Waals surface area contributed by atoms with Gasteiger partial charge in [0.05, 0.1) is 17.3 Å². The summed E-state index contributed by atoms with van der Waals surface area (Å²) in [6.45, 7) is 1.46. The lowest BCUT2D eigenvalue weighted by molar-refractivity contribution is -0.131.